The van der Waals surface area contributed by atoms with E-state index in [2.05, 4.69) is 0 Å². The predicted octanol–water partition coefficient (Wildman–Crippen LogP) is 1.40. The van der Waals surface area contributed by atoms with Gasteiger partial charge in [-0.3, -0.25) is 9.59 Å². The molecule has 2 rings (SSSR count). The van der Waals surface area contributed by atoms with Gasteiger partial charge >= 0.3 is 5.97 Å². The van der Waals surface area contributed by atoms with Crippen LogP contribution < -0.4 is 5.73 Å². The van der Waals surface area contributed by atoms with Crippen LogP contribution in [0, 0.1) is 5.41 Å². The van der Waals surface area contributed by atoms with Crippen molar-refractivity contribution in [2.24, 2.45) is 11.1 Å². The number of carboxylic acids is 1. The summed E-state index contributed by atoms with van der Waals surface area (Å²) in [5, 5.41) is 9.35. The third kappa shape index (κ3) is 2.54. The van der Waals surface area contributed by atoms with Crippen LogP contribution in [-0.4, -0.2) is 35.0 Å². The van der Waals surface area contributed by atoms with E-state index in [1.807, 2.05) is 37.3 Å². The Morgan fingerprint density at radius 3 is 2.55 bits per heavy atom. The highest BCUT2D eigenvalue weighted by Gasteiger charge is 2.45. The fourth-order valence-electron chi connectivity index (χ4n) is 2.67. The lowest BCUT2D eigenvalue weighted by molar-refractivity contribution is -0.148. The van der Waals surface area contributed by atoms with Gasteiger partial charge in [-0.2, -0.15) is 0 Å². The smallest absolute Gasteiger partial charge is 0.311 e. The lowest BCUT2D eigenvalue weighted by atomic mass is 9.84. The lowest BCUT2D eigenvalue weighted by Gasteiger charge is -2.25. The first-order valence-electron chi connectivity index (χ1n) is 6.83. The Hall–Kier alpha value is -1.88. The summed E-state index contributed by atoms with van der Waals surface area (Å²) in [5.74, 6) is -1.03. The van der Waals surface area contributed by atoms with E-state index in [1.165, 1.54) is 0 Å². The summed E-state index contributed by atoms with van der Waals surface area (Å²) in [6.45, 7) is 2.55. The van der Waals surface area contributed by atoms with Gasteiger partial charge in [-0.05, 0) is 18.4 Å². The number of carbonyl (C=O) groups is 2. The number of benzene rings is 1. The van der Waals surface area contributed by atoms with E-state index in [0.29, 0.717) is 19.4 Å². The van der Waals surface area contributed by atoms with Gasteiger partial charge in [-0.1, -0.05) is 37.3 Å². The van der Waals surface area contributed by atoms with Crippen LogP contribution in [0.25, 0.3) is 0 Å². The highest BCUT2D eigenvalue weighted by molar-refractivity contribution is 5.85. The van der Waals surface area contributed by atoms with Crippen LogP contribution >= 0.6 is 0 Å². The zero-order valence-corrected chi connectivity index (χ0v) is 11.6. The van der Waals surface area contributed by atoms with Crippen LogP contribution in [0.5, 0.6) is 0 Å². The molecule has 1 fully saturated rings. The normalized spacial score (nSPS) is 23.6. The third-order valence-corrected chi connectivity index (χ3v) is 4.22. The quantitative estimate of drug-likeness (QED) is 0.870. The number of hydrogen-bond donors (Lipinski definition) is 2. The van der Waals surface area contributed by atoms with Crippen molar-refractivity contribution < 1.29 is 14.7 Å². The molecule has 0 aromatic heterocycles. The summed E-state index contributed by atoms with van der Waals surface area (Å²) in [7, 11) is 0. The molecule has 1 unspecified atom stereocenters. The second-order valence-corrected chi connectivity index (χ2v) is 5.34. The van der Waals surface area contributed by atoms with Crippen molar-refractivity contribution in [1.29, 1.82) is 0 Å². The number of carboxylic acid groups (broad SMARTS) is 1. The van der Waals surface area contributed by atoms with Crippen molar-refractivity contribution in [1.82, 2.24) is 4.90 Å². The zero-order valence-electron chi connectivity index (χ0n) is 11.6. The molecule has 5 heteroatoms. The van der Waals surface area contributed by atoms with Crippen molar-refractivity contribution >= 4 is 11.9 Å². The van der Waals surface area contributed by atoms with E-state index < -0.39 is 17.4 Å². The Bertz CT molecular complexity index is 503. The van der Waals surface area contributed by atoms with Crippen LogP contribution in [0.2, 0.25) is 0 Å². The van der Waals surface area contributed by atoms with Gasteiger partial charge in [-0.25, -0.2) is 0 Å². The maximum atomic E-state index is 12.4. The minimum atomic E-state index is -0.830. The first-order chi connectivity index (χ1) is 9.50. The molecule has 1 aromatic rings. The molecule has 1 aromatic carbocycles. The van der Waals surface area contributed by atoms with E-state index >= 15 is 0 Å². The second kappa shape index (κ2) is 5.63. The minimum absolute atomic E-state index is 0.201. The van der Waals surface area contributed by atoms with E-state index in [1.54, 1.807) is 4.90 Å². The minimum Gasteiger partial charge on any atom is -0.481 e. The Morgan fingerprint density at radius 2 is 2.05 bits per heavy atom. The maximum Gasteiger partial charge on any atom is 0.311 e. The first kappa shape index (κ1) is 14.5. The molecule has 20 heavy (non-hydrogen) atoms. The number of aliphatic carboxylic acids is 1. The van der Waals surface area contributed by atoms with Crippen LogP contribution in [-0.2, 0) is 9.59 Å². The molecule has 0 radical (unpaired) electrons. The number of rotatable bonds is 4. The molecule has 1 aliphatic heterocycles. The number of likely N-dealkylation sites (tertiary alicyclic amines) is 1. The summed E-state index contributed by atoms with van der Waals surface area (Å²) < 4.78 is 0. The van der Waals surface area contributed by atoms with Crippen LogP contribution in [0.3, 0.4) is 0 Å². The molecule has 3 N–H and O–H groups in total. The van der Waals surface area contributed by atoms with Crippen LogP contribution in [0.4, 0.5) is 0 Å². The molecule has 0 spiro atoms. The molecule has 1 heterocycles. The van der Waals surface area contributed by atoms with Gasteiger partial charge in [0.1, 0.15) is 6.04 Å². The van der Waals surface area contributed by atoms with Gasteiger partial charge < -0.3 is 15.7 Å². The molecular weight excluding hydrogens is 256 g/mol. The summed E-state index contributed by atoms with van der Waals surface area (Å²) in [4.78, 5) is 25.4. The Morgan fingerprint density at radius 1 is 1.40 bits per heavy atom. The molecule has 0 saturated carbocycles. The Kier molecular flexibility index (Phi) is 4.09. The van der Waals surface area contributed by atoms with E-state index in [-0.39, 0.29) is 12.5 Å². The number of nitrogens with two attached hydrogens (primary N) is 1. The number of nitrogens with zero attached hydrogens (tertiary/aromatic N) is 1. The van der Waals surface area contributed by atoms with Gasteiger partial charge in [0.05, 0.1) is 5.41 Å². The monoisotopic (exact) mass is 276 g/mol. The van der Waals surface area contributed by atoms with E-state index in [9.17, 15) is 14.7 Å². The maximum absolute atomic E-state index is 12.4. The van der Waals surface area contributed by atoms with Gasteiger partial charge in [0, 0.05) is 13.1 Å². The summed E-state index contributed by atoms with van der Waals surface area (Å²) in [5.41, 5.74) is 5.92. The SMILES string of the molecule is CCC1(C(=O)O)CCN(C(=O)[C@H](N)c2ccccc2)C1. The van der Waals surface area contributed by atoms with E-state index in [0.717, 1.165) is 5.56 Å². The molecule has 2 atom stereocenters. The highest BCUT2D eigenvalue weighted by Crippen LogP contribution is 2.35. The fraction of sp³-hybridized carbons (Fsp3) is 0.467. The van der Waals surface area contributed by atoms with Gasteiger partial charge in [-0.15, -0.1) is 0 Å². The van der Waals surface area contributed by atoms with Gasteiger partial charge in [0.15, 0.2) is 0 Å². The molecule has 5 nitrogen and oxygen atoms in total. The molecule has 1 saturated heterocycles. The number of carbonyl (C=O) groups excluding carboxylic acids is 1. The van der Waals surface area contributed by atoms with Crippen molar-refractivity contribution in [2.45, 2.75) is 25.8 Å². The predicted molar refractivity (Wildman–Crippen MR) is 74.9 cm³/mol. The molecule has 1 aliphatic rings. The zero-order chi connectivity index (χ0) is 14.8. The molecular formula is C15H20N2O3. The molecule has 0 bridgehead atoms. The molecule has 108 valence electrons. The highest BCUT2D eigenvalue weighted by atomic mass is 16.4. The Balaban J connectivity index is 2.10. The fourth-order valence-corrected chi connectivity index (χ4v) is 2.67. The largest absolute Gasteiger partial charge is 0.481 e. The van der Waals surface area contributed by atoms with Crippen LogP contribution in [0.15, 0.2) is 30.3 Å². The molecule has 1 amide bonds. The summed E-state index contributed by atoms with van der Waals surface area (Å²) in [6.07, 6.45) is 1.01. The molecule has 0 aliphatic carbocycles. The van der Waals surface area contributed by atoms with Crippen molar-refractivity contribution in [3.8, 4) is 0 Å². The summed E-state index contributed by atoms with van der Waals surface area (Å²) >= 11 is 0. The summed E-state index contributed by atoms with van der Waals surface area (Å²) in [6, 6.07) is 8.42. The van der Waals surface area contributed by atoms with Gasteiger partial charge in [0.2, 0.25) is 5.91 Å². The number of amides is 1. The topological polar surface area (TPSA) is 83.6 Å². The number of hydrogen-bond acceptors (Lipinski definition) is 3. The second-order valence-electron chi connectivity index (χ2n) is 5.34. The van der Waals surface area contributed by atoms with Crippen LogP contribution in [0.1, 0.15) is 31.4 Å². The Labute approximate surface area is 118 Å². The van der Waals surface area contributed by atoms with Gasteiger partial charge in [0.25, 0.3) is 0 Å². The van der Waals surface area contributed by atoms with Crippen molar-refractivity contribution in [2.75, 3.05) is 13.1 Å². The van der Waals surface area contributed by atoms with Crippen molar-refractivity contribution in [3.05, 3.63) is 35.9 Å². The lowest BCUT2D eigenvalue weighted by Crippen LogP contribution is -2.40. The van der Waals surface area contributed by atoms with E-state index in [4.69, 9.17) is 5.73 Å². The average Bonchev–Trinajstić information content (AvgIpc) is 2.92. The third-order valence-electron chi connectivity index (χ3n) is 4.22. The van der Waals surface area contributed by atoms with Crippen molar-refractivity contribution in [3.63, 3.8) is 0 Å². The standard InChI is InChI=1S/C15H20N2O3/c1-2-15(14(19)20)8-9-17(10-15)13(18)12(16)11-6-4-3-5-7-11/h3-7,12H,2,8-10,16H2,1H3,(H,19,20)/t12-,15?/m1/s1. The average molecular weight is 276 g/mol. The first-order valence-corrected chi connectivity index (χ1v) is 6.83.